The van der Waals surface area contributed by atoms with E-state index in [-0.39, 0.29) is 18.1 Å². The van der Waals surface area contributed by atoms with Crippen molar-refractivity contribution in [1.82, 2.24) is 19.5 Å². The van der Waals surface area contributed by atoms with Crippen LogP contribution in [0.25, 0.3) is 11.2 Å². The van der Waals surface area contributed by atoms with Crippen molar-refractivity contribution in [2.45, 2.75) is 18.6 Å². The van der Waals surface area contributed by atoms with Crippen LogP contribution in [-0.2, 0) is 4.74 Å². The average molecular weight is 341 g/mol. The lowest BCUT2D eigenvalue weighted by atomic mass is 10.2. The molecule has 0 bridgehead atoms. The largest absolute Gasteiger partial charge is 0.454 e. The van der Waals surface area contributed by atoms with Crippen molar-refractivity contribution < 1.29 is 9.53 Å². The summed E-state index contributed by atoms with van der Waals surface area (Å²) in [6.07, 6.45) is 7.32. The number of imidazole rings is 1. The molecule has 24 heavy (non-hydrogen) atoms. The monoisotopic (exact) mass is 340 g/mol. The van der Waals surface area contributed by atoms with Gasteiger partial charge in [-0.1, -0.05) is 35.9 Å². The molecule has 0 aliphatic heterocycles. The van der Waals surface area contributed by atoms with Gasteiger partial charge in [0.25, 0.3) is 0 Å². The van der Waals surface area contributed by atoms with Crippen molar-refractivity contribution >= 4 is 28.7 Å². The fourth-order valence-electron chi connectivity index (χ4n) is 2.79. The van der Waals surface area contributed by atoms with Gasteiger partial charge >= 0.3 is 5.97 Å². The van der Waals surface area contributed by atoms with Gasteiger partial charge in [-0.3, -0.25) is 0 Å². The predicted molar refractivity (Wildman–Crippen MR) is 88.8 cm³/mol. The summed E-state index contributed by atoms with van der Waals surface area (Å²) >= 11 is 6.03. The summed E-state index contributed by atoms with van der Waals surface area (Å²) in [6, 6.07) is 8.96. The molecule has 1 aliphatic rings. The first-order valence-corrected chi connectivity index (χ1v) is 7.87. The lowest BCUT2D eigenvalue weighted by molar-refractivity contribution is 0.0383. The molecule has 0 saturated heterocycles. The van der Waals surface area contributed by atoms with E-state index in [1.54, 1.807) is 18.5 Å². The number of nitrogens with zero attached hydrogens (tertiary/aromatic N) is 4. The molecule has 0 fully saturated rings. The highest BCUT2D eigenvalue weighted by molar-refractivity contribution is 6.33. The lowest BCUT2D eigenvalue weighted by Gasteiger charge is -2.14. The molecule has 2 atom stereocenters. The van der Waals surface area contributed by atoms with E-state index in [4.69, 9.17) is 16.3 Å². The maximum Gasteiger partial charge on any atom is 0.338 e. The van der Waals surface area contributed by atoms with Crippen LogP contribution in [0.15, 0.2) is 55.1 Å². The highest BCUT2D eigenvalue weighted by atomic mass is 35.5. The SMILES string of the molecule is O=C(O[C@@H]1C=C[C@H](n2cnc3c(Cl)ncnc32)C1)c1ccccc1. The van der Waals surface area contributed by atoms with E-state index in [1.165, 1.54) is 6.33 Å². The number of fused-ring (bicyclic) bond motifs is 1. The molecule has 1 aromatic carbocycles. The van der Waals surface area contributed by atoms with E-state index in [9.17, 15) is 4.79 Å². The van der Waals surface area contributed by atoms with Crippen LogP contribution >= 0.6 is 11.6 Å². The van der Waals surface area contributed by atoms with Gasteiger partial charge in [-0.25, -0.2) is 19.7 Å². The van der Waals surface area contributed by atoms with Crippen LogP contribution in [0.3, 0.4) is 0 Å². The highest BCUT2D eigenvalue weighted by Crippen LogP contribution is 2.29. The summed E-state index contributed by atoms with van der Waals surface area (Å²) in [4.78, 5) is 24.6. The molecule has 1 aliphatic carbocycles. The maximum atomic E-state index is 12.1. The van der Waals surface area contributed by atoms with E-state index in [0.29, 0.717) is 28.3 Å². The number of carbonyl (C=O) groups excluding carboxylic acids is 1. The van der Waals surface area contributed by atoms with Crippen LogP contribution in [0, 0.1) is 0 Å². The standard InChI is InChI=1S/C17H13ClN4O2/c18-15-14-16(20-9-19-15)22(10-21-14)12-6-7-13(8-12)24-17(23)11-4-2-1-3-5-11/h1-7,9-10,12-13H,8H2/t12-,13+/m0/s1. The van der Waals surface area contributed by atoms with Crippen molar-refractivity contribution in [1.29, 1.82) is 0 Å². The number of hydrogen-bond donors (Lipinski definition) is 0. The predicted octanol–water partition coefficient (Wildman–Crippen LogP) is 3.21. The molecule has 120 valence electrons. The molecule has 6 nitrogen and oxygen atoms in total. The summed E-state index contributed by atoms with van der Waals surface area (Å²) in [6.45, 7) is 0. The number of esters is 1. The third-order valence-corrected chi connectivity index (χ3v) is 4.24. The third-order valence-electron chi connectivity index (χ3n) is 3.96. The number of benzene rings is 1. The molecule has 7 heteroatoms. The molecular weight excluding hydrogens is 328 g/mol. The number of aromatic nitrogens is 4. The number of ether oxygens (including phenoxy) is 1. The Morgan fingerprint density at radius 1 is 1.17 bits per heavy atom. The summed E-state index contributed by atoms with van der Waals surface area (Å²) in [5.41, 5.74) is 1.78. The number of halogens is 1. The van der Waals surface area contributed by atoms with E-state index >= 15 is 0 Å². The molecule has 0 N–H and O–H groups in total. The molecule has 0 unspecified atom stereocenters. The van der Waals surface area contributed by atoms with Gasteiger partial charge in [0.15, 0.2) is 10.8 Å². The van der Waals surface area contributed by atoms with Crippen molar-refractivity contribution in [2.75, 3.05) is 0 Å². The minimum atomic E-state index is -0.327. The van der Waals surface area contributed by atoms with Gasteiger partial charge in [-0.2, -0.15) is 0 Å². The molecule has 0 radical (unpaired) electrons. The van der Waals surface area contributed by atoms with E-state index in [1.807, 2.05) is 34.9 Å². The molecule has 0 saturated carbocycles. The zero-order chi connectivity index (χ0) is 16.5. The summed E-state index contributed by atoms with van der Waals surface area (Å²) < 4.78 is 7.46. The molecule has 2 heterocycles. The summed E-state index contributed by atoms with van der Waals surface area (Å²) in [5.74, 6) is -0.327. The molecular formula is C17H13ClN4O2. The molecule has 2 aromatic heterocycles. The van der Waals surface area contributed by atoms with E-state index < -0.39 is 0 Å². The Kier molecular flexibility index (Phi) is 3.74. The zero-order valence-electron chi connectivity index (χ0n) is 12.5. The van der Waals surface area contributed by atoms with Gasteiger partial charge in [0.05, 0.1) is 17.9 Å². The van der Waals surface area contributed by atoms with Crippen LogP contribution in [0.4, 0.5) is 0 Å². The summed E-state index contributed by atoms with van der Waals surface area (Å²) in [7, 11) is 0. The van der Waals surface area contributed by atoms with Crippen molar-refractivity contribution in [3.8, 4) is 0 Å². The van der Waals surface area contributed by atoms with Gasteiger partial charge in [-0.05, 0) is 18.2 Å². The van der Waals surface area contributed by atoms with Gasteiger partial charge in [-0.15, -0.1) is 0 Å². The quantitative estimate of drug-likeness (QED) is 0.416. The fourth-order valence-corrected chi connectivity index (χ4v) is 2.96. The fraction of sp³-hybridized carbons (Fsp3) is 0.176. The van der Waals surface area contributed by atoms with Crippen LogP contribution in [0.1, 0.15) is 22.8 Å². The first-order chi connectivity index (χ1) is 11.7. The van der Waals surface area contributed by atoms with Crippen LogP contribution in [0.2, 0.25) is 5.15 Å². The number of carbonyl (C=O) groups is 1. The second-order valence-corrected chi connectivity index (χ2v) is 5.84. The Hall–Kier alpha value is -2.73. The highest BCUT2D eigenvalue weighted by Gasteiger charge is 2.25. The van der Waals surface area contributed by atoms with Crippen molar-refractivity contribution in [2.24, 2.45) is 0 Å². The smallest absolute Gasteiger partial charge is 0.338 e. The van der Waals surface area contributed by atoms with Gasteiger partial charge in [0.1, 0.15) is 17.9 Å². The molecule has 4 rings (SSSR count). The van der Waals surface area contributed by atoms with E-state index in [0.717, 1.165) is 0 Å². The maximum absolute atomic E-state index is 12.1. The average Bonchev–Trinajstić information content (AvgIpc) is 3.23. The van der Waals surface area contributed by atoms with Gasteiger partial charge < -0.3 is 9.30 Å². The number of hydrogen-bond acceptors (Lipinski definition) is 5. The second kappa shape index (κ2) is 6.05. The minimum Gasteiger partial charge on any atom is -0.454 e. The first-order valence-electron chi connectivity index (χ1n) is 7.50. The first kappa shape index (κ1) is 14.8. The molecule has 3 aromatic rings. The van der Waals surface area contributed by atoms with Gasteiger partial charge in [0.2, 0.25) is 0 Å². The van der Waals surface area contributed by atoms with Gasteiger partial charge in [0, 0.05) is 6.42 Å². The number of allylic oxidation sites excluding steroid dienone is 1. The Balaban J connectivity index is 1.50. The lowest BCUT2D eigenvalue weighted by Crippen LogP contribution is -2.16. The third kappa shape index (κ3) is 2.65. The normalized spacial score (nSPS) is 19.7. The molecule has 0 amide bonds. The topological polar surface area (TPSA) is 69.9 Å². The van der Waals surface area contributed by atoms with Crippen molar-refractivity contribution in [3.05, 3.63) is 65.9 Å². The molecule has 0 spiro atoms. The Labute approximate surface area is 142 Å². The Morgan fingerprint density at radius 2 is 2.00 bits per heavy atom. The van der Waals surface area contributed by atoms with Crippen LogP contribution in [0.5, 0.6) is 0 Å². The number of rotatable bonds is 3. The Morgan fingerprint density at radius 3 is 2.83 bits per heavy atom. The minimum absolute atomic E-state index is 0.00883. The zero-order valence-corrected chi connectivity index (χ0v) is 13.3. The van der Waals surface area contributed by atoms with E-state index in [2.05, 4.69) is 15.0 Å². The van der Waals surface area contributed by atoms with Crippen LogP contribution in [-0.4, -0.2) is 31.6 Å². The summed E-state index contributed by atoms with van der Waals surface area (Å²) in [5, 5.41) is 0.327. The second-order valence-electron chi connectivity index (χ2n) is 5.49. The van der Waals surface area contributed by atoms with Crippen molar-refractivity contribution in [3.63, 3.8) is 0 Å². The Bertz CT molecular complexity index is 923. The van der Waals surface area contributed by atoms with Crippen LogP contribution < -0.4 is 0 Å².